The Morgan fingerprint density at radius 2 is 2.18 bits per heavy atom. The number of nitrogens with zero attached hydrogens (tertiary/aromatic N) is 4. The largest absolute Gasteiger partial charge is 0.380 e. The maximum atomic E-state index is 5.75. The molecule has 0 spiro atoms. The predicted molar refractivity (Wildman–Crippen MR) is 81.3 cm³/mol. The number of aromatic nitrogens is 3. The first-order valence-electron chi connectivity index (χ1n) is 7.71. The lowest BCUT2D eigenvalue weighted by atomic mass is 10.0. The van der Waals surface area contributed by atoms with Gasteiger partial charge in [-0.15, -0.1) is 0 Å². The van der Waals surface area contributed by atoms with Crippen LogP contribution in [0.25, 0.3) is 0 Å². The summed E-state index contributed by atoms with van der Waals surface area (Å²) in [6.07, 6.45) is 0.934. The molecule has 1 aliphatic rings. The quantitative estimate of drug-likeness (QED) is 0.857. The van der Waals surface area contributed by atoms with E-state index in [1.807, 2.05) is 19.9 Å². The first kappa shape index (κ1) is 15.1. The van der Waals surface area contributed by atoms with Gasteiger partial charge in [0.15, 0.2) is 5.82 Å². The van der Waals surface area contributed by atoms with Crippen LogP contribution >= 0.6 is 0 Å². The van der Waals surface area contributed by atoms with Gasteiger partial charge in [0.05, 0.1) is 19.8 Å². The van der Waals surface area contributed by atoms with Crippen molar-refractivity contribution >= 4 is 0 Å². The minimum Gasteiger partial charge on any atom is -0.380 e. The Balaban J connectivity index is 1.62. The molecule has 0 N–H and O–H groups in total. The highest BCUT2D eigenvalue weighted by Gasteiger charge is 2.21. The van der Waals surface area contributed by atoms with Crippen molar-refractivity contribution in [2.75, 3.05) is 26.3 Å². The van der Waals surface area contributed by atoms with E-state index < -0.39 is 0 Å². The smallest absolute Gasteiger partial charge is 0.223 e. The third-order valence-corrected chi connectivity index (χ3v) is 3.80. The van der Waals surface area contributed by atoms with Gasteiger partial charge in [-0.3, -0.25) is 9.88 Å². The van der Waals surface area contributed by atoms with Crippen LogP contribution in [0.1, 0.15) is 23.1 Å². The van der Waals surface area contributed by atoms with Gasteiger partial charge in [-0.05, 0) is 25.5 Å². The Morgan fingerprint density at radius 3 is 2.95 bits per heavy atom. The fourth-order valence-electron chi connectivity index (χ4n) is 2.83. The van der Waals surface area contributed by atoms with E-state index in [1.165, 1.54) is 0 Å². The summed E-state index contributed by atoms with van der Waals surface area (Å²) in [7, 11) is 0. The molecule has 0 aliphatic carbocycles. The SMILES string of the molecule is Cc1cccc(C[C@@H]2COCCN(Cc3noc(C)n3)C2)n1. The van der Waals surface area contributed by atoms with Gasteiger partial charge in [0.25, 0.3) is 0 Å². The van der Waals surface area contributed by atoms with E-state index >= 15 is 0 Å². The van der Waals surface area contributed by atoms with Crippen molar-refractivity contribution in [2.45, 2.75) is 26.8 Å². The molecule has 0 radical (unpaired) electrons. The Kier molecular flexibility index (Phi) is 4.80. The van der Waals surface area contributed by atoms with Gasteiger partial charge < -0.3 is 9.26 Å². The van der Waals surface area contributed by atoms with Crippen molar-refractivity contribution in [3.05, 3.63) is 41.3 Å². The summed E-state index contributed by atoms with van der Waals surface area (Å²) in [5, 5.41) is 3.98. The molecular weight excluding hydrogens is 280 g/mol. The standard InChI is InChI=1S/C16H22N4O2/c1-12-4-3-5-15(17-12)8-14-9-20(6-7-21-11-14)10-16-18-13(2)22-19-16/h3-5,14H,6-11H2,1-2H3/t14-/m0/s1. The van der Waals surface area contributed by atoms with Gasteiger partial charge in [0, 0.05) is 37.3 Å². The molecule has 6 heteroatoms. The summed E-state index contributed by atoms with van der Waals surface area (Å²) in [6, 6.07) is 6.18. The molecule has 0 unspecified atom stereocenters. The zero-order valence-corrected chi connectivity index (χ0v) is 13.2. The topological polar surface area (TPSA) is 64.3 Å². The Hall–Kier alpha value is -1.79. The van der Waals surface area contributed by atoms with Crippen LogP contribution in [-0.4, -0.2) is 46.3 Å². The highest BCUT2D eigenvalue weighted by molar-refractivity contribution is 5.10. The fourth-order valence-corrected chi connectivity index (χ4v) is 2.83. The molecule has 0 bridgehead atoms. The molecule has 3 rings (SSSR count). The van der Waals surface area contributed by atoms with Crippen LogP contribution < -0.4 is 0 Å². The van der Waals surface area contributed by atoms with Gasteiger partial charge in [0.2, 0.25) is 5.89 Å². The third kappa shape index (κ3) is 4.11. The minimum atomic E-state index is 0.435. The van der Waals surface area contributed by atoms with Crippen LogP contribution in [0.3, 0.4) is 0 Å². The number of ether oxygens (including phenoxy) is 1. The van der Waals surface area contributed by atoms with E-state index in [1.54, 1.807) is 0 Å². The predicted octanol–water partition coefficient (Wildman–Crippen LogP) is 1.77. The lowest BCUT2D eigenvalue weighted by Crippen LogP contribution is -2.31. The zero-order valence-electron chi connectivity index (χ0n) is 13.2. The van der Waals surface area contributed by atoms with E-state index in [0.717, 1.165) is 49.9 Å². The fraction of sp³-hybridized carbons (Fsp3) is 0.562. The molecule has 1 fully saturated rings. The minimum absolute atomic E-state index is 0.435. The van der Waals surface area contributed by atoms with Crippen LogP contribution in [0.15, 0.2) is 22.7 Å². The van der Waals surface area contributed by atoms with Gasteiger partial charge in [-0.2, -0.15) is 4.98 Å². The molecule has 1 atom stereocenters. The monoisotopic (exact) mass is 302 g/mol. The summed E-state index contributed by atoms with van der Waals surface area (Å²) in [5.41, 5.74) is 2.19. The van der Waals surface area contributed by atoms with E-state index in [0.29, 0.717) is 18.4 Å². The molecule has 0 aromatic carbocycles. The molecule has 1 aliphatic heterocycles. The van der Waals surface area contributed by atoms with Crippen LogP contribution in [0, 0.1) is 19.8 Å². The number of aryl methyl sites for hydroxylation is 2. The van der Waals surface area contributed by atoms with Crippen molar-refractivity contribution in [1.29, 1.82) is 0 Å². The number of rotatable bonds is 4. The maximum Gasteiger partial charge on any atom is 0.223 e. The molecular formula is C16H22N4O2. The summed E-state index contributed by atoms with van der Waals surface area (Å²) in [4.78, 5) is 11.2. The molecule has 0 saturated carbocycles. The molecule has 118 valence electrons. The van der Waals surface area contributed by atoms with E-state index in [9.17, 15) is 0 Å². The molecule has 6 nitrogen and oxygen atoms in total. The van der Waals surface area contributed by atoms with E-state index in [-0.39, 0.29) is 0 Å². The van der Waals surface area contributed by atoms with Crippen molar-refractivity contribution < 1.29 is 9.26 Å². The first-order valence-corrected chi connectivity index (χ1v) is 7.71. The van der Waals surface area contributed by atoms with Crippen molar-refractivity contribution in [3.8, 4) is 0 Å². The van der Waals surface area contributed by atoms with Crippen molar-refractivity contribution in [3.63, 3.8) is 0 Å². The second kappa shape index (κ2) is 6.98. The summed E-state index contributed by atoms with van der Waals surface area (Å²) in [5.74, 6) is 1.79. The second-order valence-corrected chi connectivity index (χ2v) is 5.88. The zero-order chi connectivity index (χ0) is 15.4. The average molecular weight is 302 g/mol. The number of hydrogen-bond acceptors (Lipinski definition) is 6. The number of hydrogen-bond donors (Lipinski definition) is 0. The first-order chi connectivity index (χ1) is 10.7. The lowest BCUT2D eigenvalue weighted by Gasteiger charge is -2.21. The van der Waals surface area contributed by atoms with Gasteiger partial charge >= 0.3 is 0 Å². The number of pyridine rings is 1. The molecule has 22 heavy (non-hydrogen) atoms. The highest BCUT2D eigenvalue weighted by Crippen LogP contribution is 2.14. The Morgan fingerprint density at radius 1 is 1.27 bits per heavy atom. The molecule has 3 heterocycles. The molecule has 2 aromatic heterocycles. The summed E-state index contributed by atoms with van der Waals surface area (Å²) >= 11 is 0. The average Bonchev–Trinajstić information content (AvgIpc) is 2.75. The van der Waals surface area contributed by atoms with Crippen LogP contribution in [0.4, 0.5) is 0 Å². The Bertz CT molecular complexity index is 614. The summed E-state index contributed by atoms with van der Waals surface area (Å²) < 4.78 is 10.8. The molecule has 1 saturated heterocycles. The second-order valence-electron chi connectivity index (χ2n) is 5.88. The van der Waals surface area contributed by atoms with E-state index in [2.05, 4.69) is 32.2 Å². The van der Waals surface area contributed by atoms with Crippen molar-refractivity contribution in [1.82, 2.24) is 20.0 Å². The van der Waals surface area contributed by atoms with Gasteiger partial charge in [0.1, 0.15) is 0 Å². The van der Waals surface area contributed by atoms with Crippen molar-refractivity contribution in [2.24, 2.45) is 5.92 Å². The molecule has 2 aromatic rings. The van der Waals surface area contributed by atoms with Crippen LogP contribution in [-0.2, 0) is 17.7 Å². The summed E-state index contributed by atoms with van der Waals surface area (Å²) in [6.45, 7) is 7.92. The lowest BCUT2D eigenvalue weighted by molar-refractivity contribution is 0.121. The van der Waals surface area contributed by atoms with Crippen LogP contribution in [0.5, 0.6) is 0 Å². The van der Waals surface area contributed by atoms with Crippen LogP contribution in [0.2, 0.25) is 0 Å². The normalized spacial score (nSPS) is 20.0. The maximum absolute atomic E-state index is 5.75. The third-order valence-electron chi connectivity index (χ3n) is 3.80. The van der Waals surface area contributed by atoms with E-state index in [4.69, 9.17) is 9.26 Å². The molecule has 0 amide bonds. The Labute approximate surface area is 130 Å². The van der Waals surface area contributed by atoms with Gasteiger partial charge in [-0.25, -0.2) is 0 Å². The highest BCUT2D eigenvalue weighted by atomic mass is 16.5. The van der Waals surface area contributed by atoms with Gasteiger partial charge in [-0.1, -0.05) is 11.2 Å².